The Hall–Kier alpha value is -2.70. The van der Waals surface area contributed by atoms with Crippen LogP contribution in [0.3, 0.4) is 0 Å². The van der Waals surface area contributed by atoms with Gasteiger partial charge in [-0.05, 0) is 90.0 Å². The van der Waals surface area contributed by atoms with Gasteiger partial charge in [0, 0.05) is 11.1 Å². The molecule has 0 radical (unpaired) electrons. The van der Waals surface area contributed by atoms with E-state index in [0.29, 0.717) is 35.5 Å². The first kappa shape index (κ1) is 30.3. The van der Waals surface area contributed by atoms with Crippen molar-refractivity contribution in [2.24, 2.45) is 5.41 Å². The zero-order chi connectivity index (χ0) is 26.4. The van der Waals surface area contributed by atoms with Crippen LogP contribution in [0.15, 0.2) is 48.5 Å². The van der Waals surface area contributed by atoms with E-state index in [9.17, 15) is 19.2 Å². The third-order valence-corrected chi connectivity index (χ3v) is 5.37. The van der Waals surface area contributed by atoms with Crippen molar-refractivity contribution in [3.8, 4) is 0 Å². The number of carbonyl (C=O) groups is 4. The van der Waals surface area contributed by atoms with Gasteiger partial charge in [0.15, 0.2) is 0 Å². The number of ether oxygens (including phenoxy) is 2. The second-order valence-electron chi connectivity index (χ2n) is 8.68. The van der Waals surface area contributed by atoms with Crippen molar-refractivity contribution in [1.82, 2.24) is 0 Å². The van der Waals surface area contributed by atoms with Crippen LogP contribution < -0.4 is 0 Å². The van der Waals surface area contributed by atoms with Crippen LogP contribution in [0.4, 0.5) is 0 Å². The Kier molecular flexibility index (Phi) is 13.3. The van der Waals surface area contributed by atoms with Crippen LogP contribution in [0.5, 0.6) is 0 Å². The lowest BCUT2D eigenvalue weighted by Gasteiger charge is -2.23. The standard InChI is InChI=1S/C16H21ClO3.C11H11ClO3/c1-4-5-10-16(2,3)11-20-15(19)13-8-6-12(7-9-13)14(17)18;1-2-7-15-11(14)9-5-3-8(4-6-9)10(12)13/h6-9H,4-5,10-11H2,1-3H3;3-6H,2,7H2,1H3. The summed E-state index contributed by atoms with van der Waals surface area (Å²) in [5.74, 6) is -0.756. The first-order valence-electron chi connectivity index (χ1n) is 11.4. The molecule has 0 aliphatic heterocycles. The third-order valence-electron chi connectivity index (χ3n) is 4.93. The number of rotatable bonds is 11. The molecule has 0 fully saturated rings. The largest absolute Gasteiger partial charge is 0.462 e. The summed E-state index contributed by atoms with van der Waals surface area (Å²) in [6.07, 6.45) is 4.06. The van der Waals surface area contributed by atoms with E-state index in [1.807, 2.05) is 6.92 Å². The maximum atomic E-state index is 11.9. The molecule has 0 spiro atoms. The Morgan fingerprint density at radius 2 is 1.09 bits per heavy atom. The second kappa shape index (κ2) is 15.3. The molecule has 0 saturated carbocycles. The van der Waals surface area contributed by atoms with Crippen LogP contribution in [-0.4, -0.2) is 35.6 Å². The van der Waals surface area contributed by atoms with Crippen LogP contribution in [-0.2, 0) is 9.47 Å². The number of hydrogen-bond acceptors (Lipinski definition) is 6. The molecule has 0 saturated heterocycles. The second-order valence-corrected chi connectivity index (χ2v) is 9.37. The Labute approximate surface area is 216 Å². The summed E-state index contributed by atoms with van der Waals surface area (Å²) in [5, 5.41) is -1.07. The highest BCUT2D eigenvalue weighted by Gasteiger charge is 2.20. The molecule has 0 aromatic heterocycles. The molecule has 0 heterocycles. The average Bonchev–Trinajstić information content (AvgIpc) is 2.85. The molecule has 2 aromatic rings. The molecule has 0 atom stereocenters. The monoisotopic (exact) mass is 522 g/mol. The van der Waals surface area contributed by atoms with Crippen LogP contribution in [0.1, 0.15) is 94.8 Å². The zero-order valence-electron chi connectivity index (χ0n) is 20.6. The number of esters is 2. The first-order valence-corrected chi connectivity index (χ1v) is 12.2. The molecular formula is C27H32Cl2O6. The highest BCUT2D eigenvalue weighted by Crippen LogP contribution is 2.24. The van der Waals surface area contributed by atoms with Crippen molar-refractivity contribution >= 4 is 45.6 Å². The van der Waals surface area contributed by atoms with E-state index in [2.05, 4.69) is 20.8 Å². The summed E-state index contributed by atoms with van der Waals surface area (Å²) >= 11 is 10.6. The van der Waals surface area contributed by atoms with Crippen molar-refractivity contribution < 1.29 is 28.7 Å². The van der Waals surface area contributed by atoms with Gasteiger partial charge in [0.2, 0.25) is 0 Å². The number of benzene rings is 2. The number of unbranched alkanes of at least 4 members (excludes halogenated alkanes) is 1. The third kappa shape index (κ3) is 11.5. The molecule has 0 aliphatic rings. The van der Waals surface area contributed by atoms with E-state index >= 15 is 0 Å². The maximum absolute atomic E-state index is 11.9. The van der Waals surface area contributed by atoms with E-state index < -0.39 is 10.5 Å². The lowest BCUT2D eigenvalue weighted by molar-refractivity contribution is 0.0324. The molecular weight excluding hydrogens is 491 g/mol. The van der Waals surface area contributed by atoms with E-state index in [0.717, 1.165) is 25.7 Å². The Bertz CT molecular complexity index is 982. The van der Waals surface area contributed by atoms with Crippen molar-refractivity contribution in [2.45, 2.75) is 53.4 Å². The topological polar surface area (TPSA) is 86.7 Å². The van der Waals surface area contributed by atoms with Crippen LogP contribution >= 0.6 is 23.2 Å². The van der Waals surface area contributed by atoms with Gasteiger partial charge in [0.05, 0.1) is 24.3 Å². The van der Waals surface area contributed by atoms with Crippen LogP contribution in [0, 0.1) is 5.41 Å². The summed E-state index contributed by atoms with van der Waals surface area (Å²) in [6, 6.07) is 12.2. The Balaban J connectivity index is 0.000000365. The minimum absolute atomic E-state index is 0.0162. The first-order chi connectivity index (χ1) is 16.5. The molecule has 8 heteroatoms. The molecule has 0 N–H and O–H groups in total. The van der Waals surface area contributed by atoms with Gasteiger partial charge in [-0.2, -0.15) is 0 Å². The van der Waals surface area contributed by atoms with Gasteiger partial charge >= 0.3 is 11.9 Å². The van der Waals surface area contributed by atoms with Crippen LogP contribution in [0.2, 0.25) is 0 Å². The van der Waals surface area contributed by atoms with Gasteiger partial charge in [0.1, 0.15) is 0 Å². The predicted molar refractivity (Wildman–Crippen MR) is 137 cm³/mol. The van der Waals surface area contributed by atoms with Gasteiger partial charge in [-0.15, -0.1) is 0 Å². The number of halogens is 2. The highest BCUT2D eigenvalue weighted by atomic mass is 35.5. The smallest absolute Gasteiger partial charge is 0.338 e. The van der Waals surface area contributed by atoms with Crippen molar-refractivity contribution in [3.05, 3.63) is 70.8 Å². The summed E-state index contributed by atoms with van der Waals surface area (Å²) in [4.78, 5) is 44.9. The quantitative estimate of drug-likeness (QED) is 0.231. The van der Waals surface area contributed by atoms with E-state index in [1.165, 1.54) is 36.4 Å². The fraction of sp³-hybridized carbons (Fsp3) is 0.407. The van der Waals surface area contributed by atoms with Gasteiger partial charge < -0.3 is 9.47 Å². The Morgan fingerprint density at radius 3 is 1.46 bits per heavy atom. The van der Waals surface area contributed by atoms with Crippen LogP contribution in [0.25, 0.3) is 0 Å². The molecule has 0 aliphatic carbocycles. The minimum atomic E-state index is -0.538. The fourth-order valence-electron chi connectivity index (χ4n) is 2.82. The Morgan fingerprint density at radius 1 is 0.686 bits per heavy atom. The lowest BCUT2D eigenvalue weighted by atomic mass is 9.88. The summed E-state index contributed by atoms with van der Waals surface area (Å²) in [7, 11) is 0. The molecule has 190 valence electrons. The summed E-state index contributed by atoms with van der Waals surface area (Å²) in [5.41, 5.74) is 1.57. The summed E-state index contributed by atoms with van der Waals surface area (Å²) < 4.78 is 10.3. The summed E-state index contributed by atoms with van der Waals surface area (Å²) in [6.45, 7) is 9.03. The number of carbonyl (C=O) groups excluding carboxylic acids is 4. The zero-order valence-corrected chi connectivity index (χ0v) is 22.1. The predicted octanol–water partition coefficient (Wildman–Crippen LogP) is 7.07. The molecule has 0 bridgehead atoms. The van der Waals surface area contributed by atoms with Gasteiger partial charge in [-0.25, -0.2) is 9.59 Å². The molecule has 2 aromatic carbocycles. The molecule has 6 nitrogen and oxygen atoms in total. The fourth-order valence-corrected chi connectivity index (χ4v) is 3.08. The van der Waals surface area contributed by atoms with Crippen molar-refractivity contribution in [2.75, 3.05) is 13.2 Å². The molecule has 35 heavy (non-hydrogen) atoms. The van der Waals surface area contributed by atoms with E-state index in [4.69, 9.17) is 32.7 Å². The van der Waals surface area contributed by atoms with Crippen molar-refractivity contribution in [1.29, 1.82) is 0 Å². The SMILES string of the molecule is CCCCC(C)(C)COC(=O)c1ccc(C(=O)Cl)cc1.CCCOC(=O)c1ccc(C(=O)Cl)cc1. The molecule has 2 rings (SSSR count). The van der Waals surface area contributed by atoms with Gasteiger partial charge in [0.25, 0.3) is 10.5 Å². The molecule has 0 amide bonds. The number of hydrogen-bond donors (Lipinski definition) is 0. The van der Waals surface area contributed by atoms with E-state index in [1.54, 1.807) is 12.1 Å². The van der Waals surface area contributed by atoms with Gasteiger partial charge in [-0.1, -0.05) is 40.5 Å². The van der Waals surface area contributed by atoms with Gasteiger partial charge in [-0.3, -0.25) is 9.59 Å². The maximum Gasteiger partial charge on any atom is 0.338 e. The lowest BCUT2D eigenvalue weighted by Crippen LogP contribution is -2.22. The molecule has 0 unspecified atom stereocenters. The van der Waals surface area contributed by atoms with E-state index in [-0.39, 0.29) is 17.4 Å². The minimum Gasteiger partial charge on any atom is -0.462 e. The highest BCUT2D eigenvalue weighted by molar-refractivity contribution is 6.68. The normalized spacial score (nSPS) is 10.6. The average molecular weight is 523 g/mol. The van der Waals surface area contributed by atoms with Crippen molar-refractivity contribution in [3.63, 3.8) is 0 Å².